The maximum absolute atomic E-state index is 10.7. The predicted octanol–water partition coefficient (Wildman–Crippen LogP) is 3.04. The molecule has 0 atom stereocenters. The fraction of sp³-hybridized carbons (Fsp3) is 0. The van der Waals surface area contributed by atoms with Crippen molar-refractivity contribution >= 4 is 11.4 Å². The minimum absolute atomic E-state index is 0.0610. The van der Waals surface area contributed by atoms with Crippen LogP contribution in [-0.4, -0.2) is 9.85 Å². The molecular formula is C13H7N3O4. The van der Waals surface area contributed by atoms with Gasteiger partial charge in [0, 0.05) is 24.3 Å². The third-order valence-electron chi connectivity index (χ3n) is 2.72. The van der Waals surface area contributed by atoms with E-state index < -0.39 is 9.85 Å². The summed E-state index contributed by atoms with van der Waals surface area (Å²) >= 11 is 0. The lowest BCUT2D eigenvalue weighted by Gasteiger charge is -2.04. The van der Waals surface area contributed by atoms with Crippen molar-refractivity contribution in [2.24, 2.45) is 0 Å². The van der Waals surface area contributed by atoms with E-state index in [0.717, 1.165) is 0 Å². The van der Waals surface area contributed by atoms with Crippen LogP contribution in [-0.2, 0) is 0 Å². The molecule has 2 rings (SSSR count). The van der Waals surface area contributed by atoms with Crippen molar-refractivity contribution in [2.75, 3.05) is 0 Å². The summed E-state index contributed by atoms with van der Waals surface area (Å²) in [5, 5.41) is 30.3. The van der Waals surface area contributed by atoms with E-state index in [9.17, 15) is 20.2 Å². The molecule has 0 fully saturated rings. The van der Waals surface area contributed by atoms with E-state index in [1.165, 1.54) is 42.5 Å². The smallest absolute Gasteiger partial charge is 0.258 e. The summed E-state index contributed by atoms with van der Waals surface area (Å²) in [7, 11) is 0. The molecule has 0 aliphatic carbocycles. The molecule has 0 saturated heterocycles. The lowest BCUT2D eigenvalue weighted by atomic mass is 9.99. The van der Waals surface area contributed by atoms with Crippen molar-refractivity contribution in [1.29, 1.82) is 5.26 Å². The Morgan fingerprint density at radius 1 is 0.900 bits per heavy atom. The highest BCUT2D eigenvalue weighted by Gasteiger charge is 2.13. The van der Waals surface area contributed by atoms with Gasteiger partial charge in [0.25, 0.3) is 11.4 Å². The lowest BCUT2D eigenvalue weighted by molar-refractivity contribution is -0.385. The molecule has 98 valence electrons. The minimum atomic E-state index is -0.583. The van der Waals surface area contributed by atoms with Crippen LogP contribution in [0.25, 0.3) is 11.1 Å². The maximum Gasteiger partial charge on any atom is 0.270 e. The zero-order valence-electron chi connectivity index (χ0n) is 10.0. The second-order valence-electron chi connectivity index (χ2n) is 3.90. The molecule has 0 spiro atoms. The van der Waals surface area contributed by atoms with Crippen molar-refractivity contribution in [3.8, 4) is 17.2 Å². The molecule has 0 amide bonds. The van der Waals surface area contributed by atoms with E-state index in [-0.39, 0.29) is 16.9 Å². The van der Waals surface area contributed by atoms with Crippen LogP contribution in [0.3, 0.4) is 0 Å². The largest absolute Gasteiger partial charge is 0.270 e. The quantitative estimate of drug-likeness (QED) is 0.628. The number of benzene rings is 2. The Hall–Kier alpha value is -3.27. The molecular weight excluding hydrogens is 262 g/mol. The zero-order chi connectivity index (χ0) is 14.7. The number of hydrogen-bond acceptors (Lipinski definition) is 5. The summed E-state index contributed by atoms with van der Waals surface area (Å²) in [6, 6.07) is 11.4. The fourth-order valence-electron chi connectivity index (χ4n) is 1.75. The monoisotopic (exact) mass is 269 g/mol. The summed E-state index contributed by atoms with van der Waals surface area (Å²) < 4.78 is 0. The number of nitriles is 1. The summed E-state index contributed by atoms with van der Waals surface area (Å²) in [4.78, 5) is 20.1. The number of nitro benzene ring substituents is 2. The molecule has 0 aromatic heterocycles. The van der Waals surface area contributed by atoms with Gasteiger partial charge in [-0.2, -0.15) is 5.26 Å². The summed E-state index contributed by atoms with van der Waals surface area (Å²) in [5.74, 6) is 0. The van der Waals surface area contributed by atoms with E-state index in [1.54, 1.807) is 0 Å². The summed E-state index contributed by atoms with van der Waals surface area (Å²) in [6.45, 7) is 0. The lowest BCUT2D eigenvalue weighted by Crippen LogP contribution is -1.92. The summed E-state index contributed by atoms with van der Waals surface area (Å²) in [6.07, 6.45) is 0. The Labute approximate surface area is 113 Å². The van der Waals surface area contributed by atoms with Gasteiger partial charge in [0.05, 0.1) is 15.4 Å². The van der Waals surface area contributed by atoms with Gasteiger partial charge >= 0.3 is 0 Å². The van der Waals surface area contributed by atoms with Crippen LogP contribution in [0.1, 0.15) is 5.56 Å². The van der Waals surface area contributed by atoms with E-state index >= 15 is 0 Å². The van der Waals surface area contributed by atoms with Crippen LogP contribution in [0.5, 0.6) is 0 Å². The SMILES string of the molecule is N#Cc1cc([N+](=O)[O-])ccc1-c1ccc([N+](=O)[O-])cc1. The molecule has 0 radical (unpaired) electrons. The van der Waals surface area contributed by atoms with Crippen molar-refractivity contribution in [2.45, 2.75) is 0 Å². The first-order valence-corrected chi connectivity index (χ1v) is 5.46. The molecule has 20 heavy (non-hydrogen) atoms. The molecule has 0 bridgehead atoms. The van der Waals surface area contributed by atoms with Gasteiger partial charge in [0.1, 0.15) is 6.07 Å². The first-order valence-electron chi connectivity index (χ1n) is 5.46. The Bertz CT molecular complexity index is 732. The van der Waals surface area contributed by atoms with Gasteiger partial charge in [-0.15, -0.1) is 0 Å². The molecule has 2 aromatic rings. The van der Waals surface area contributed by atoms with Crippen molar-refractivity contribution < 1.29 is 9.85 Å². The van der Waals surface area contributed by atoms with E-state index in [4.69, 9.17) is 5.26 Å². The highest BCUT2D eigenvalue weighted by atomic mass is 16.6. The molecule has 7 nitrogen and oxygen atoms in total. The highest BCUT2D eigenvalue weighted by molar-refractivity contribution is 5.72. The second-order valence-corrected chi connectivity index (χ2v) is 3.90. The van der Waals surface area contributed by atoms with Crippen molar-refractivity contribution in [1.82, 2.24) is 0 Å². The van der Waals surface area contributed by atoms with Gasteiger partial charge in [-0.1, -0.05) is 0 Å². The molecule has 0 heterocycles. The van der Waals surface area contributed by atoms with E-state index in [1.807, 2.05) is 6.07 Å². The fourth-order valence-corrected chi connectivity index (χ4v) is 1.75. The molecule has 0 unspecified atom stereocenters. The number of rotatable bonds is 3. The molecule has 7 heteroatoms. The average Bonchev–Trinajstić information content (AvgIpc) is 2.46. The third-order valence-corrected chi connectivity index (χ3v) is 2.72. The van der Waals surface area contributed by atoms with Crippen molar-refractivity contribution in [3.05, 3.63) is 68.3 Å². The zero-order valence-corrected chi connectivity index (χ0v) is 10.0. The normalized spacial score (nSPS) is 9.75. The van der Waals surface area contributed by atoms with Gasteiger partial charge < -0.3 is 0 Å². The molecule has 0 aliphatic rings. The van der Waals surface area contributed by atoms with E-state index in [0.29, 0.717) is 11.1 Å². The van der Waals surface area contributed by atoms with E-state index in [2.05, 4.69) is 0 Å². The first kappa shape index (κ1) is 13.2. The standard InChI is InChI=1S/C13H7N3O4/c14-8-10-7-12(16(19)20)5-6-13(10)9-1-3-11(4-2-9)15(17)18/h1-7H. The number of hydrogen-bond donors (Lipinski definition) is 0. The predicted molar refractivity (Wildman–Crippen MR) is 69.9 cm³/mol. The minimum Gasteiger partial charge on any atom is -0.258 e. The Balaban J connectivity index is 2.50. The number of nitro groups is 2. The van der Waals surface area contributed by atoms with Gasteiger partial charge in [0.2, 0.25) is 0 Å². The van der Waals surface area contributed by atoms with Gasteiger partial charge in [0.15, 0.2) is 0 Å². The topological polar surface area (TPSA) is 110 Å². The number of nitrogens with zero attached hydrogens (tertiary/aromatic N) is 3. The molecule has 0 saturated carbocycles. The molecule has 0 aliphatic heterocycles. The van der Waals surface area contributed by atoms with Crippen molar-refractivity contribution in [3.63, 3.8) is 0 Å². The van der Waals surface area contributed by atoms with Gasteiger partial charge in [-0.25, -0.2) is 0 Å². The van der Waals surface area contributed by atoms with Crippen LogP contribution in [0, 0.1) is 31.6 Å². The van der Waals surface area contributed by atoms with Crippen LogP contribution < -0.4 is 0 Å². The van der Waals surface area contributed by atoms with Gasteiger partial charge in [-0.3, -0.25) is 20.2 Å². The second kappa shape index (κ2) is 5.16. The average molecular weight is 269 g/mol. The molecule has 0 N–H and O–H groups in total. The van der Waals surface area contributed by atoms with Crippen LogP contribution in [0.4, 0.5) is 11.4 Å². The van der Waals surface area contributed by atoms with Crippen LogP contribution >= 0.6 is 0 Å². The number of non-ortho nitro benzene ring substituents is 2. The Morgan fingerprint density at radius 3 is 1.95 bits per heavy atom. The Morgan fingerprint density at radius 2 is 1.45 bits per heavy atom. The summed E-state index contributed by atoms with van der Waals surface area (Å²) in [5.41, 5.74) is 0.990. The molecule has 2 aromatic carbocycles. The van der Waals surface area contributed by atoms with Crippen LogP contribution in [0.2, 0.25) is 0 Å². The Kier molecular flexibility index (Phi) is 3.39. The first-order chi connectivity index (χ1) is 9.52. The van der Waals surface area contributed by atoms with Crippen LogP contribution in [0.15, 0.2) is 42.5 Å². The maximum atomic E-state index is 10.7. The highest BCUT2D eigenvalue weighted by Crippen LogP contribution is 2.28. The van der Waals surface area contributed by atoms with Gasteiger partial charge in [-0.05, 0) is 29.3 Å². The third kappa shape index (κ3) is 2.44.